The second-order valence-electron chi connectivity index (χ2n) is 6.19. The first-order chi connectivity index (χ1) is 13.3. The number of aromatic amines is 1. The standard InChI is InChI=1S/C19H13F3N4O2/c20-19(21,22)13-8-16-14(9-15(13)25-7-6-23-11-25)24-17(27)18(28)26(16)10-12-4-2-1-3-5-12/h1-9,11H,10H2,(H,24,27). The van der Waals surface area contributed by atoms with E-state index >= 15 is 0 Å². The van der Waals surface area contributed by atoms with Crippen molar-refractivity contribution in [3.05, 3.63) is 93.0 Å². The number of nitrogens with zero attached hydrogens (tertiary/aromatic N) is 3. The fourth-order valence-corrected chi connectivity index (χ4v) is 3.07. The molecular weight excluding hydrogens is 373 g/mol. The molecule has 6 nitrogen and oxygen atoms in total. The largest absolute Gasteiger partial charge is 0.418 e. The Morgan fingerprint density at radius 3 is 2.46 bits per heavy atom. The molecule has 0 atom stereocenters. The lowest BCUT2D eigenvalue weighted by molar-refractivity contribution is -0.137. The Labute approximate surface area is 155 Å². The lowest BCUT2D eigenvalue weighted by Crippen LogP contribution is -2.36. The average Bonchev–Trinajstić information content (AvgIpc) is 3.19. The van der Waals surface area contributed by atoms with E-state index in [0.29, 0.717) is 5.56 Å². The van der Waals surface area contributed by atoms with Crippen LogP contribution in [0.4, 0.5) is 13.2 Å². The average molecular weight is 386 g/mol. The molecule has 0 aliphatic heterocycles. The number of halogens is 3. The van der Waals surface area contributed by atoms with E-state index in [4.69, 9.17) is 0 Å². The molecule has 0 amide bonds. The summed E-state index contributed by atoms with van der Waals surface area (Å²) < 4.78 is 43.4. The second kappa shape index (κ2) is 6.52. The third kappa shape index (κ3) is 3.11. The molecule has 4 aromatic rings. The minimum absolute atomic E-state index is 0.00959. The molecule has 0 spiro atoms. The van der Waals surface area contributed by atoms with Gasteiger partial charge >= 0.3 is 17.3 Å². The first-order valence-corrected chi connectivity index (χ1v) is 8.25. The normalized spacial score (nSPS) is 11.8. The molecular formula is C19H13F3N4O2. The van der Waals surface area contributed by atoms with Crippen LogP contribution < -0.4 is 11.1 Å². The number of hydrogen-bond donors (Lipinski definition) is 1. The zero-order chi connectivity index (χ0) is 19.9. The van der Waals surface area contributed by atoms with E-state index < -0.39 is 22.9 Å². The summed E-state index contributed by atoms with van der Waals surface area (Å²) in [4.78, 5) is 30.6. The zero-order valence-electron chi connectivity index (χ0n) is 14.3. The number of H-pyrrole nitrogens is 1. The van der Waals surface area contributed by atoms with Gasteiger partial charge in [0.25, 0.3) is 0 Å². The van der Waals surface area contributed by atoms with E-state index in [2.05, 4.69) is 9.97 Å². The molecule has 0 radical (unpaired) electrons. The molecule has 2 aromatic carbocycles. The molecule has 0 unspecified atom stereocenters. The molecule has 2 heterocycles. The van der Waals surface area contributed by atoms with E-state index in [9.17, 15) is 22.8 Å². The summed E-state index contributed by atoms with van der Waals surface area (Å²) in [6, 6.07) is 10.8. The number of imidazole rings is 1. The zero-order valence-corrected chi connectivity index (χ0v) is 14.3. The molecule has 0 saturated carbocycles. The monoisotopic (exact) mass is 386 g/mol. The molecule has 9 heteroatoms. The van der Waals surface area contributed by atoms with Crippen LogP contribution in [0.5, 0.6) is 0 Å². The minimum Gasteiger partial charge on any atom is -0.316 e. The van der Waals surface area contributed by atoms with Crippen LogP contribution in [-0.2, 0) is 12.7 Å². The molecule has 4 rings (SSSR count). The van der Waals surface area contributed by atoms with Crippen LogP contribution in [0.1, 0.15) is 11.1 Å². The summed E-state index contributed by atoms with van der Waals surface area (Å²) in [5.41, 5.74) is -2.16. The predicted octanol–water partition coefficient (Wildman–Crippen LogP) is 2.94. The number of benzene rings is 2. The van der Waals surface area contributed by atoms with Crippen molar-refractivity contribution in [2.24, 2.45) is 0 Å². The Kier molecular flexibility index (Phi) is 4.14. The quantitative estimate of drug-likeness (QED) is 0.551. The molecule has 0 saturated heterocycles. The summed E-state index contributed by atoms with van der Waals surface area (Å²) in [5.74, 6) is 0. The van der Waals surface area contributed by atoms with Crippen molar-refractivity contribution in [1.82, 2.24) is 19.1 Å². The summed E-state index contributed by atoms with van der Waals surface area (Å²) in [6.07, 6.45) is -0.718. The van der Waals surface area contributed by atoms with Gasteiger partial charge in [0.1, 0.15) is 0 Å². The van der Waals surface area contributed by atoms with Gasteiger partial charge in [-0.25, -0.2) is 4.98 Å². The third-order valence-corrected chi connectivity index (χ3v) is 4.36. The highest BCUT2D eigenvalue weighted by molar-refractivity contribution is 5.79. The molecule has 0 aliphatic rings. The molecule has 28 heavy (non-hydrogen) atoms. The first-order valence-electron chi connectivity index (χ1n) is 8.25. The SMILES string of the molecule is O=c1[nH]c2cc(-n3ccnc3)c(C(F)(F)F)cc2n(Cc2ccccc2)c1=O. The lowest BCUT2D eigenvalue weighted by Gasteiger charge is -2.17. The Bertz CT molecular complexity index is 1260. The number of alkyl halides is 3. The van der Waals surface area contributed by atoms with Crippen molar-refractivity contribution < 1.29 is 13.2 Å². The van der Waals surface area contributed by atoms with Gasteiger partial charge in [-0.1, -0.05) is 30.3 Å². The van der Waals surface area contributed by atoms with E-state index in [0.717, 1.165) is 10.6 Å². The highest BCUT2D eigenvalue weighted by Crippen LogP contribution is 2.35. The van der Waals surface area contributed by atoms with Gasteiger partial charge in [-0.3, -0.25) is 14.2 Å². The molecule has 142 valence electrons. The molecule has 0 fully saturated rings. The van der Waals surface area contributed by atoms with Gasteiger partial charge < -0.3 is 9.55 Å². The van der Waals surface area contributed by atoms with Crippen LogP contribution >= 0.6 is 0 Å². The summed E-state index contributed by atoms with van der Waals surface area (Å²) in [7, 11) is 0. The van der Waals surface area contributed by atoms with Crippen LogP contribution in [0.3, 0.4) is 0 Å². The number of fused-ring (bicyclic) bond motifs is 1. The van der Waals surface area contributed by atoms with E-state index in [1.807, 2.05) is 0 Å². The maximum Gasteiger partial charge on any atom is 0.418 e. The Hall–Kier alpha value is -3.62. The van der Waals surface area contributed by atoms with Gasteiger partial charge in [-0.05, 0) is 17.7 Å². The van der Waals surface area contributed by atoms with Crippen LogP contribution in [0, 0.1) is 0 Å². The summed E-state index contributed by atoms with van der Waals surface area (Å²) >= 11 is 0. The molecule has 0 bridgehead atoms. The highest BCUT2D eigenvalue weighted by atomic mass is 19.4. The Morgan fingerprint density at radius 2 is 1.82 bits per heavy atom. The number of rotatable bonds is 3. The van der Waals surface area contributed by atoms with Crippen molar-refractivity contribution in [3.8, 4) is 5.69 Å². The van der Waals surface area contributed by atoms with Crippen LogP contribution in [0.25, 0.3) is 16.7 Å². The number of aromatic nitrogens is 4. The predicted molar refractivity (Wildman–Crippen MR) is 96.5 cm³/mol. The van der Waals surface area contributed by atoms with Gasteiger partial charge in [-0.15, -0.1) is 0 Å². The maximum atomic E-state index is 13.7. The van der Waals surface area contributed by atoms with Crippen LogP contribution in [0.15, 0.2) is 70.8 Å². The lowest BCUT2D eigenvalue weighted by atomic mass is 10.1. The highest BCUT2D eigenvalue weighted by Gasteiger charge is 2.35. The minimum atomic E-state index is -4.67. The molecule has 0 aliphatic carbocycles. The van der Waals surface area contributed by atoms with Gasteiger partial charge in [0.2, 0.25) is 0 Å². The van der Waals surface area contributed by atoms with Crippen LogP contribution in [-0.4, -0.2) is 19.1 Å². The van der Waals surface area contributed by atoms with E-state index in [1.165, 1.54) is 29.4 Å². The second-order valence-corrected chi connectivity index (χ2v) is 6.19. The van der Waals surface area contributed by atoms with Gasteiger partial charge in [0.15, 0.2) is 0 Å². The topological polar surface area (TPSA) is 72.7 Å². The number of hydrogen-bond acceptors (Lipinski definition) is 3. The van der Waals surface area contributed by atoms with Crippen molar-refractivity contribution in [2.45, 2.75) is 12.7 Å². The third-order valence-electron chi connectivity index (χ3n) is 4.36. The Morgan fingerprint density at radius 1 is 1.07 bits per heavy atom. The van der Waals surface area contributed by atoms with E-state index in [1.54, 1.807) is 30.3 Å². The van der Waals surface area contributed by atoms with Crippen molar-refractivity contribution in [2.75, 3.05) is 0 Å². The molecule has 2 aromatic heterocycles. The van der Waals surface area contributed by atoms with Crippen molar-refractivity contribution in [1.29, 1.82) is 0 Å². The van der Waals surface area contributed by atoms with Crippen LogP contribution in [0.2, 0.25) is 0 Å². The Balaban J connectivity index is 2.04. The number of nitrogens with one attached hydrogen (secondary N) is 1. The maximum absolute atomic E-state index is 13.7. The van der Waals surface area contributed by atoms with Gasteiger partial charge in [-0.2, -0.15) is 13.2 Å². The van der Waals surface area contributed by atoms with Gasteiger partial charge in [0, 0.05) is 12.4 Å². The fourth-order valence-electron chi connectivity index (χ4n) is 3.07. The van der Waals surface area contributed by atoms with Crippen molar-refractivity contribution >= 4 is 11.0 Å². The first kappa shape index (κ1) is 17.8. The smallest absolute Gasteiger partial charge is 0.316 e. The fraction of sp³-hybridized carbons (Fsp3) is 0.105. The van der Waals surface area contributed by atoms with Gasteiger partial charge in [0.05, 0.1) is 35.2 Å². The molecule has 1 N–H and O–H groups in total. The van der Waals surface area contributed by atoms with E-state index in [-0.39, 0.29) is 23.3 Å². The summed E-state index contributed by atoms with van der Waals surface area (Å²) in [6.45, 7) is -0.0260. The van der Waals surface area contributed by atoms with Crippen molar-refractivity contribution in [3.63, 3.8) is 0 Å². The summed E-state index contributed by atoms with van der Waals surface area (Å²) in [5, 5.41) is 0.